The van der Waals surface area contributed by atoms with Gasteiger partial charge in [0.15, 0.2) is 0 Å². The topological polar surface area (TPSA) is 61.7 Å². The van der Waals surface area contributed by atoms with Crippen molar-refractivity contribution in [2.75, 3.05) is 24.5 Å². The minimum absolute atomic E-state index is 0.214. The number of hydrogen-bond donors (Lipinski definition) is 2. The molecule has 7 heteroatoms. The van der Waals surface area contributed by atoms with Crippen LogP contribution < -0.4 is 15.5 Å². The largest absolute Gasteiger partial charge is 0.369 e. The lowest BCUT2D eigenvalue weighted by atomic mass is 10.0. The summed E-state index contributed by atoms with van der Waals surface area (Å²) in [6.45, 7) is 6.95. The Labute approximate surface area is 194 Å². The average molecular weight is 450 g/mol. The van der Waals surface area contributed by atoms with E-state index < -0.39 is 0 Å². The van der Waals surface area contributed by atoms with Gasteiger partial charge in [-0.25, -0.2) is 9.37 Å². The van der Waals surface area contributed by atoms with Crippen molar-refractivity contribution in [3.8, 4) is 0 Å². The van der Waals surface area contributed by atoms with E-state index in [1.807, 2.05) is 44.3 Å². The molecule has 2 aromatic heterocycles. The molecule has 0 unspecified atom stereocenters. The van der Waals surface area contributed by atoms with Crippen LogP contribution in [0.5, 0.6) is 0 Å². The van der Waals surface area contributed by atoms with E-state index in [1.165, 1.54) is 18.9 Å². The Balaban J connectivity index is 1.19. The Morgan fingerprint density at radius 2 is 1.91 bits per heavy atom. The summed E-state index contributed by atoms with van der Waals surface area (Å²) >= 11 is 0. The summed E-state index contributed by atoms with van der Waals surface area (Å²) in [7, 11) is 0. The Hall–Kier alpha value is -2.93. The van der Waals surface area contributed by atoms with Gasteiger partial charge < -0.3 is 15.5 Å². The second-order valence-electron chi connectivity index (χ2n) is 9.56. The molecular weight excluding hydrogens is 417 g/mol. The molecule has 1 aliphatic carbocycles. The predicted molar refractivity (Wildman–Crippen MR) is 128 cm³/mol. The molecule has 1 amide bonds. The second kappa shape index (κ2) is 9.14. The van der Waals surface area contributed by atoms with Crippen LogP contribution in [0, 0.1) is 25.6 Å². The summed E-state index contributed by atoms with van der Waals surface area (Å²) in [6, 6.07) is 9.73. The number of imidazole rings is 1. The number of aromatic nitrogens is 2. The van der Waals surface area contributed by atoms with Gasteiger partial charge in [-0.1, -0.05) is 6.07 Å². The Morgan fingerprint density at radius 1 is 1.12 bits per heavy atom. The highest BCUT2D eigenvalue weighted by Gasteiger charge is 2.25. The van der Waals surface area contributed by atoms with Crippen LogP contribution in [-0.4, -0.2) is 41.0 Å². The molecule has 1 aromatic carbocycles. The van der Waals surface area contributed by atoms with Crippen molar-refractivity contribution < 1.29 is 9.18 Å². The quantitative estimate of drug-likeness (QED) is 0.573. The zero-order valence-corrected chi connectivity index (χ0v) is 19.4. The number of fused-ring (bicyclic) bond motifs is 1. The molecule has 1 saturated carbocycles. The van der Waals surface area contributed by atoms with Crippen molar-refractivity contribution in [1.82, 2.24) is 20.0 Å². The molecule has 0 radical (unpaired) electrons. The van der Waals surface area contributed by atoms with Crippen LogP contribution in [0.1, 0.15) is 53.0 Å². The van der Waals surface area contributed by atoms with Crippen LogP contribution in [0.15, 0.2) is 36.5 Å². The molecule has 5 rings (SSSR count). The van der Waals surface area contributed by atoms with Gasteiger partial charge in [-0.15, -0.1) is 0 Å². The number of anilines is 1. The van der Waals surface area contributed by atoms with Gasteiger partial charge in [0.2, 0.25) is 0 Å². The average Bonchev–Trinajstić information content (AvgIpc) is 3.57. The van der Waals surface area contributed by atoms with E-state index in [9.17, 15) is 9.18 Å². The normalized spacial score (nSPS) is 17.0. The summed E-state index contributed by atoms with van der Waals surface area (Å²) in [6.07, 6.45) is 6.67. The maximum Gasteiger partial charge on any atom is 0.270 e. The summed E-state index contributed by atoms with van der Waals surface area (Å²) < 4.78 is 16.7. The zero-order valence-electron chi connectivity index (χ0n) is 19.4. The van der Waals surface area contributed by atoms with Crippen LogP contribution in [0.2, 0.25) is 0 Å². The minimum atomic E-state index is -0.229. The maximum atomic E-state index is 14.9. The molecule has 3 aromatic rings. The lowest BCUT2D eigenvalue weighted by Gasteiger charge is -2.34. The van der Waals surface area contributed by atoms with Gasteiger partial charge in [0.1, 0.15) is 17.2 Å². The number of halogens is 1. The highest BCUT2D eigenvalue weighted by Crippen LogP contribution is 2.29. The van der Waals surface area contributed by atoms with E-state index in [1.54, 1.807) is 4.40 Å². The Morgan fingerprint density at radius 3 is 2.64 bits per heavy atom. The molecule has 0 spiro atoms. The number of aryl methyl sites for hydroxylation is 2. The minimum Gasteiger partial charge on any atom is -0.369 e. The van der Waals surface area contributed by atoms with Gasteiger partial charge in [0.25, 0.3) is 5.91 Å². The number of carbonyl (C=O) groups excluding carboxylic acids is 1. The number of nitrogens with zero attached hydrogens (tertiary/aromatic N) is 3. The van der Waals surface area contributed by atoms with Crippen molar-refractivity contribution in [1.29, 1.82) is 0 Å². The molecule has 6 nitrogen and oxygen atoms in total. The van der Waals surface area contributed by atoms with Gasteiger partial charge in [-0.3, -0.25) is 9.20 Å². The fourth-order valence-corrected chi connectivity index (χ4v) is 4.70. The van der Waals surface area contributed by atoms with Crippen molar-refractivity contribution in [3.05, 3.63) is 64.9 Å². The first-order valence-electron chi connectivity index (χ1n) is 12.0. The zero-order chi connectivity index (χ0) is 22.9. The molecule has 174 valence electrons. The van der Waals surface area contributed by atoms with Crippen molar-refractivity contribution >= 4 is 17.2 Å². The van der Waals surface area contributed by atoms with Crippen molar-refractivity contribution in [2.45, 2.75) is 52.1 Å². The number of piperidine rings is 1. The molecule has 0 bridgehead atoms. The molecule has 0 atom stereocenters. The van der Waals surface area contributed by atoms with Gasteiger partial charge in [-0.2, -0.15) is 0 Å². The van der Waals surface area contributed by atoms with Crippen LogP contribution in [0.25, 0.3) is 5.65 Å². The van der Waals surface area contributed by atoms with Crippen molar-refractivity contribution in [2.24, 2.45) is 5.92 Å². The number of hydrogen-bond acceptors (Lipinski definition) is 4. The molecule has 1 aliphatic heterocycles. The number of nitrogens with one attached hydrogen (secondary N) is 2. The van der Waals surface area contributed by atoms with Crippen LogP contribution in [-0.2, 0) is 6.54 Å². The summed E-state index contributed by atoms with van der Waals surface area (Å²) in [4.78, 5) is 19.5. The van der Waals surface area contributed by atoms with Crippen LogP contribution in [0.4, 0.5) is 10.1 Å². The molecular formula is C26H32FN5O. The first-order valence-corrected chi connectivity index (χ1v) is 12.0. The number of benzene rings is 1. The Kier molecular flexibility index (Phi) is 6.06. The standard InChI is InChI=1S/C26H32FN5O/c1-17-7-12-32-24(13-17)30-18(2)25(32)26(33)29-16-20-5-6-23(22(27)14-20)31-10-8-21(9-11-31)28-15-19-3-4-19/h5-7,12-14,19,21,28H,3-4,8-11,15-16H2,1-2H3,(H,29,33). The van der Waals surface area contributed by atoms with Gasteiger partial charge in [-0.05, 0) is 87.4 Å². The van der Waals surface area contributed by atoms with Gasteiger partial charge in [0, 0.05) is 31.9 Å². The van der Waals surface area contributed by atoms with Gasteiger partial charge in [0.05, 0.1) is 11.4 Å². The number of rotatable bonds is 7. The number of carbonyl (C=O) groups is 1. The molecule has 3 heterocycles. The van der Waals surface area contributed by atoms with Crippen LogP contribution in [0.3, 0.4) is 0 Å². The molecule has 2 fully saturated rings. The summed E-state index contributed by atoms with van der Waals surface area (Å²) in [5.41, 5.74) is 4.43. The van der Waals surface area contributed by atoms with E-state index in [0.29, 0.717) is 23.1 Å². The first kappa shape index (κ1) is 21.9. The van der Waals surface area contributed by atoms with E-state index in [0.717, 1.165) is 55.2 Å². The summed E-state index contributed by atoms with van der Waals surface area (Å²) in [5.74, 6) is 0.441. The third-order valence-electron chi connectivity index (χ3n) is 6.86. The third-order valence-corrected chi connectivity index (χ3v) is 6.86. The third kappa shape index (κ3) is 4.88. The highest BCUT2D eigenvalue weighted by atomic mass is 19.1. The fraction of sp³-hybridized carbons (Fsp3) is 0.462. The molecule has 2 N–H and O–H groups in total. The monoisotopic (exact) mass is 449 g/mol. The lowest BCUT2D eigenvalue weighted by molar-refractivity contribution is 0.0944. The van der Waals surface area contributed by atoms with Gasteiger partial charge >= 0.3 is 0 Å². The number of pyridine rings is 1. The number of amides is 1. The second-order valence-corrected chi connectivity index (χ2v) is 9.56. The molecule has 33 heavy (non-hydrogen) atoms. The van der Waals surface area contributed by atoms with E-state index in [4.69, 9.17) is 0 Å². The Bertz CT molecular complexity index is 1160. The lowest BCUT2D eigenvalue weighted by Crippen LogP contribution is -2.43. The molecule has 1 saturated heterocycles. The van der Waals surface area contributed by atoms with E-state index in [2.05, 4.69) is 20.5 Å². The smallest absolute Gasteiger partial charge is 0.270 e. The fourth-order valence-electron chi connectivity index (χ4n) is 4.70. The van der Waals surface area contributed by atoms with E-state index in [-0.39, 0.29) is 18.3 Å². The van der Waals surface area contributed by atoms with Crippen molar-refractivity contribution in [3.63, 3.8) is 0 Å². The molecule has 2 aliphatic rings. The SMILES string of the molecule is Cc1ccn2c(C(=O)NCc3ccc(N4CCC(NCC5CC5)CC4)c(F)c3)c(C)nc2c1. The van der Waals surface area contributed by atoms with Crippen LogP contribution >= 0.6 is 0 Å². The maximum absolute atomic E-state index is 14.9. The predicted octanol–water partition coefficient (Wildman–Crippen LogP) is 3.99. The van der Waals surface area contributed by atoms with E-state index >= 15 is 0 Å². The first-order chi connectivity index (χ1) is 16.0. The highest BCUT2D eigenvalue weighted by molar-refractivity contribution is 5.94. The summed E-state index contributed by atoms with van der Waals surface area (Å²) in [5, 5.41) is 6.59.